The summed E-state index contributed by atoms with van der Waals surface area (Å²) in [5.41, 5.74) is 0.764. The number of rotatable bonds is 2. The van der Waals surface area contributed by atoms with Gasteiger partial charge in [-0.2, -0.15) is 0 Å². The number of alkyl halides is 2. The predicted octanol–water partition coefficient (Wildman–Crippen LogP) is 2.83. The molecule has 1 aromatic carbocycles. The molecule has 0 bridgehead atoms. The van der Waals surface area contributed by atoms with E-state index in [9.17, 15) is 13.6 Å². The molecule has 1 heterocycles. The van der Waals surface area contributed by atoms with E-state index in [0.717, 1.165) is 5.56 Å². The van der Waals surface area contributed by atoms with Gasteiger partial charge in [0.15, 0.2) is 0 Å². The third-order valence-electron chi connectivity index (χ3n) is 2.21. The summed E-state index contributed by atoms with van der Waals surface area (Å²) in [6, 6.07) is 3.16. The third kappa shape index (κ3) is 1.88. The number of carbonyl (C=O) groups excluding carboxylic acids is 1. The van der Waals surface area contributed by atoms with Crippen LogP contribution in [-0.4, -0.2) is 18.8 Å². The summed E-state index contributed by atoms with van der Waals surface area (Å²) in [5, 5.41) is 0. The lowest BCUT2D eigenvalue weighted by atomic mass is 10.1. The van der Waals surface area contributed by atoms with E-state index < -0.39 is 12.2 Å². The lowest BCUT2D eigenvalue weighted by molar-refractivity contribution is 0.0675. The van der Waals surface area contributed by atoms with E-state index in [1.165, 1.54) is 6.07 Å². The zero-order chi connectivity index (χ0) is 11.0. The van der Waals surface area contributed by atoms with E-state index in [2.05, 4.69) is 15.9 Å². The van der Waals surface area contributed by atoms with Gasteiger partial charge in [-0.15, -0.1) is 0 Å². The van der Waals surface area contributed by atoms with E-state index in [4.69, 9.17) is 4.74 Å². The lowest BCUT2D eigenvalue weighted by Crippen LogP contribution is -2.11. The Hall–Kier alpha value is -0.970. The molecule has 0 saturated carbocycles. The lowest BCUT2D eigenvalue weighted by Gasteiger charge is -2.07. The van der Waals surface area contributed by atoms with Crippen LogP contribution in [0.2, 0.25) is 0 Å². The number of fused-ring (bicyclic) bond motifs is 1. The van der Waals surface area contributed by atoms with Gasteiger partial charge in [0.2, 0.25) is 5.78 Å². The van der Waals surface area contributed by atoms with Gasteiger partial charge in [0, 0.05) is 10.9 Å². The highest BCUT2D eigenvalue weighted by atomic mass is 79.9. The summed E-state index contributed by atoms with van der Waals surface area (Å²) < 4.78 is 30.4. The van der Waals surface area contributed by atoms with Crippen molar-refractivity contribution in [3.63, 3.8) is 0 Å². The second-order valence-corrected chi connectivity index (χ2v) is 4.12. The summed E-state index contributed by atoms with van der Waals surface area (Å²) in [5.74, 6) is -0.877. The van der Waals surface area contributed by atoms with Crippen molar-refractivity contribution >= 4 is 21.7 Å². The normalized spacial score (nSPS) is 13.9. The van der Waals surface area contributed by atoms with Gasteiger partial charge in [-0.05, 0) is 17.7 Å². The first-order valence-corrected chi connectivity index (χ1v) is 5.16. The van der Waals surface area contributed by atoms with Gasteiger partial charge in [0.25, 0.3) is 0 Å². The maximum atomic E-state index is 12.3. The van der Waals surface area contributed by atoms with Crippen LogP contribution in [0.1, 0.15) is 15.9 Å². The topological polar surface area (TPSA) is 26.3 Å². The number of ketones is 1. The van der Waals surface area contributed by atoms with Crippen molar-refractivity contribution in [1.29, 1.82) is 0 Å². The summed E-state index contributed by atoms with van der Waals surface area (Å²) in [6.45, 7) is 0.440. The minimum atomic E-state index is -2.99. The van der Waals surface area contributed by atoms with Gasteiger partial charge in [-0.1, -0.05) is 15.9 Å². The summed E-state index contributed by atoms with van der Waals surface area (Å²) in [6.07, 6.45) is -2.34. The molecule has 0 atom stereocenters. The van der Waals surface area contributed by atoms with Gasteiger partial charge < -0.3 is 4.74 Å². The fraction of sp³-hybridized carbons (Fsp3) is 0.300. The van der Waals surface area contributed by atoms with Crippen molar-refractivity contribution in [2.75, 3.05) is 6.61 Å². The van der Waals surface area contributed by atoms with Crippen molar-refractivity contribution in [1.82, 2.24) is 0 Å². The summed E-state index contributed by atoms with van der Waals surface area (Å²) in [7, 11) is 0. The highest BCUT2D eigenvalue weighted by Crippen LogP contribution is 2.34. The molecular weight excluding hydrogens is 270 g/mol. The molecule has 0 amide bonds. The molecule has 1 aromatic rings. The summed E-state index contributed by atoms with van der Waals surface area (Å²) >= 11 is 3.18. The molecule has 15 heavy (non-hydrogen) atoms. The van der Waals surface area contributed by atoms with E-state index in [0.29, 0.717) is 23.2 Å². The Labute approximate surface area is 93.4 Å². The van der Waals surface area contributed by atoms with Crippen LogP contribution in [-0.2, 0) is 6.42 Å². The smallest absolute Gasteiger partial charge is 0.300 e. The van der Waals surface area contributed by atoms with Crippen molar-refractivity contribution in [3.05, 3.63) is 27.7 Å². The van der Waals surface area contributed by atoms with E-state index in [-0.39, 0.29) is 5.56 Å². The minimum Gasteiger partial charge on any atom is -0.492 e. The Balaban J connectivity index is 2.51. The van der Waals surface area contributed by atoms with Crippen LogP contribution in [0, 0.1) is 0 Å². The first kappa shape index (κ1) is 10.5. The zero-order valence-electron chi connectivity index (χ0n) is 7.60. The van der Waals surface area contributed by atoms with Crippen molar-refractivity contribution < 1.29 is 18.3 Å². The van der Waals surface area contributed by atoms with Gasteiger partial charge >= 0.3 is 6.43 Å². The molecule has 0 radical (unpaired) electrons. The number of hydrogen-bond acceptors (Lipinski definition) is 2. The fourth-order valence-corrected chi connectivity index (χ4v) is 2.08. The first-order valence-electron chi connectivity index (χ1n) is 4.37. The molecule has 0 aliphatic carbocycles. The molecule has 80 valence electrons. The van der Waals surface area contributed by atoms with E-state index >= 15 is 0 Å². The van der Waals surface area contributed by atoms with Crippen molar-refractivity contribution in [2.45, 2.75) is 12.8 Å². The van der Waals surface area contributed by atoms with Crippen LogP contribution < -0.4 is 4.74 Å². The quantitative estimate of drug-likeness (QED) is 0.777. The molecule has 5 heteroatoms. The molecule has 1 aliphatic rings. The van der Waals surface area contributed by atoms with Crippen LogP contribution in [0.25, 0.3) is 0 Å². The maximum absolute atomic E-state index is 12.3. The Kier molecular flexibility index (Phi) is 2.73. The molecule has 0 N–H and O–H groups in total. The predicted molar refractivity (Wildman–Crippen MR) is 53.7 cm³/mol. The first-order chi connectivity index (χ1) is 7.09. The van der Waals surface area contributed by atoms with Crippen LogP contribution >= 0.6 is 15.9 Å². The number of ether oxygens (including phenoxy) is 1. The molecule has 2 rings (SSSR count). The fourth-order valence-electron chi connectivity index (χ4n) is 1.57. The van der Waals surface area contributed by atoms with Gasteiger partial charge in [-0.25, -0.2) is 8.78 Å². The van der Waals surface area contributed by atoms with Gasteiger partial charge in [0.1, 0.15) is 5.75 Å². The highest BCUT2D eigenvalue weighted by Gasteiger charge is 2.26. The molecule has 0 saturated heterocycles. The summed E-state index contributed by atoms with van der Waals surface area (Å²) in [4.78, 5) is 11.2. The third-order valence-corrected chi connectivity index (χ3v) is 2.67. The van der Waals surface area contributed by atoms with Crippen LogP contribution in [0.15, 0.2) is 16.6 Å². The highest BCUT2D eigenvalue weighted by molar-refractivity contribution is 9.10. The number of carbonyl (C=O) groups is 1. The monoisotopic (exact) mass is 276 g/mol. The van der Waals surface area contributed by atoms with Crippen molar-refractivity contribution in [2.24, 2.45) is 0 Å². The molecule has 1 aliphatic heterocycles. The number of benzene rings is 1. The maximum Gasteiger partial charge on any atom is 0.300 e. The largest absolute Gasteiger partial charge is 0.492 e. The zero-order valence-corrected chi connectivity index (χ0v) is 9.18. The average molecular weight is 277 g/mol. The van der Waals surface area contributed by atoms with Gasteiger partial charge in [-0.3, -0.25) is 4.79 Å². The molecule has 0 aromatic heterocycles. The van der Waals surface area contributed by atoms with Crippen LogP contribution in [0.3, 0.4) is 0 Å². The van der Waals surface area contributed by atoms with E-state index in [1.54, 1.807) is 6.07 Å². The standard InChI is InChI=1S/C10H7BrF2O2/c11-6-3-5-1-2-15-9(5)7(4-6)8(14)10(12)13/h3-4,10H,1-2H2. The van der Waals surface area contributed by atoms with E-state index in [1.807, 2.05) is 0 Å². The average Bonchev–Trinajstić information content (AvgIpc) is 2.62. The SMILES string of the molecule is O=C(c1cc(Br)cc2c1OCC2)C(F)F. The molecule has 0 unspecified atom stereocenters. The number of Topliss-reactive ketones (excluding diaryl/α,β-unsaturated/α-hetero) is 1. The second-order valence-electron chi connectivity index (χ2n) is 3.21. The number of hydrogen-bond donors (Lipinski definition) is 0. The Morgan fingerprint density at radius 1 is 1.47 bits per heavy atom. The Bertz CT molecular complexity index is 418. The Morgan fingerprint density at radius 3 is 2.87 bits per heavy atom. The second kappa shape index (κ2) is 3.89. The van der Waals surface area contributed by atoms with Crippen LogP contribution in [0.4, 0.5) is 8.78 Å². The molecule has 0 spiro atoms. The molecular formula is C10H7BrF2O2. The number of halogens is 3. The van der Waals surface area contributed by atoms with Crippen molar-refractivity contribution in [3.8, 4) is 5.75 Å². The van der Waals surface area contributed by atoms with Crippen LogP contribution in [0.5, 0.6) is 5.75 Å². The van der Waals surface area contributed by atoms with Gasteiger partial charge in [0.05, 0.1) is 12.2 Å². The Morgan fingerprint density at radius 2 is 2.20 bits per heavy atom. The molecule has 2 nitrogen and oxygen atoms in total. The molecule has 0 fully saturated rings. The minimum absolute atomic E-state index is 0.0353.